The van der Waals surface area contributed by atoms with E-state index in [-0.39, 0.29) is 29.2 Å². The van der Waals surface area contributed by atoms with Gasteiger partial charge in [0.25, 0.3) is 5.91 Å². The van der Waals surface area contributed by atoms with Gasteiger partial charge in [0.15, 0.2) is 5.11 Å². The van der Waals surface area contributed by atoms with Gasteiger partial charge in [-0.15, -0.1) is 11.3 Å². The molecule has 1 aromatic heterocycles. The predicted molar refractivity (Wildman–Crippen MR) is 273 cm³/mol. The smallest absolute Gasteiger partial charge is 0.385 e. The summed E-state index contributed by atoms with van der Waals surface area (Å²) in [6.07, 6.45) is -2.11. The van der Waals surface area contributed by atoms with Crippen LogP contribution in [0, 0.1) is 23.7 Å². The number of rotatable bonds is 17. The fraction of sp³-hybridized carbons (Fsp3) is 0.377. The van der Waals surface area contributed by atoms with E-state index < -0.39 is 52.2 Å². The molecule has 2 fully saturated rings. The fourth-order valence-corrected chi connectivity index (χ4v) is 10.1. The van der Waals surface area contributed by atoms with E-state index in [1.54, 1.807) is 53.2 Å². The Labute approximate surface area is 421 Å². The van der Waals surface area contributed by atoms with E-state index in [9.17, 15) is 37.6 Å². The fourth-order valence-electron chi connectivity index (χ4n) is 8.75. The largest absolute Gasteiger partial charge is 0.417 e. The molecule has 2 aliphatic heterocycles. The summed E-state index contributed by atoms with van der Waals surface area (Å²) in [5.41, 5.74) is 4.55. The molecule has 2 aliphatic rings. The number of alkyl halides is 3. The number of anilines is 3. The molecule has 3 N–H and O–H groups in total. The molecule has 7 rings (SSSR count). The molecular weight excluding hydrogens is 950 g/mol. The highest BCUT2D eigenvalue weighted by Crippen LogP contribution is 2.40. The van der Waals surface area contributed by atoms with E-state index in [1.165, 1.54) is 6.07 Å². The highest BCUT2D eigenvalue weighted by Gasteiger charge is 2.51. The van der Waals surface area contributed by atoms with Crippen LogP contribution in [-0.4, -0.2) is 82.6 Å². The first-order valence-corrected chi connectivity index (χ1v) is 24.7. The van der Waals surface area contributed by atoms with Crippen LogP contribution in [-0.2, 0) is 36.6 Å². The average molecular weight is 1010 g/mol. The Bertz CT molecular complexity index is 2800. The van der Waals surface area contributed by atoms with Crippen molar-refractivity contribution >= 4 is 69.4 Å². The van der Waals surface area contributed by atoms with E-state index in [2.05, 4.69) is 20.9 Å². The average Bonchev–Trinajstić information content (AvgIpc) is 4.05. The minimum atomic E-state index is -4.80. The van der Waals surface area contributed by atoms with Crippen molar-refractivity contribution in [3.63, 3.8) is 0 Å². The number of halogens is 3. The molecule has 2 saturated heterocycles. The summed E-state index contributed by atoms with van der Waals surface area (Å²) in [6.45, 7) is 12.5. The van der Waals surface area contributed by atoms with Gasteiger partial charge in [-0.25, -0.2) is 4.98 Å². The molecule has 18 heteroatoms. The number of hydrogen-bond acceptors (Lipinski definition) is 10. The number of thiocarbonyl (C=S) groups is 1. The van der Waals surface area contributed by atoms with E-state index in [1.807, 2.05) is 93.9 Å². The number of unbranched alkanes of at least 4 members (excludes halogenated alkanes) is 1. The van der Waals surface area contributed by atoms with Gasteiger partial charge in [0, 0.05) is 37.6 Å². The third-order valence-electron chi connectivity index (χ3n) is 12.7. The number of aromatic nitrogens is 1. The number of amides is 4. The minimum absolute atomic E-state index is 0.0179. The zero-order chi connectivity index (χ0) is 51.3. The lowest BCUT2D eigenvalue weighted by molar-refractivity contribution is -0.144. The number of nitriles is 1. The maximum Gasteiger partial charge on any atom is 0.417 e. The third kappa shape index (κ3) is 11.9. The number of nitrogens with one attached hydrogen (secondary N) is 3. The second-order valence-electron chi connectivity index (χ2n) is 19.2. The molecule has 4 amide bonds. The van der Waals surface area contributed by atoms with Crippen molar-refractivity contribution < 1.29 is 37.1 Å². The predicted octanol–water partition coefficient (Wildman–Crippen LogP) is 9.64. The van der Waals surface area contributed by atoms with Crippen LogP contribution in [0.4, 0.5) is 30.2 Å². The molecule has 71 heavy (non-hydrogen) atoms. The summed E-state index contributed by atoms with van der Waals surface area (Å²) < 4.78 is 47.0. The van der Waals surface area contributed by atoms with Crippen molar-refractivity contribution in [1.29, 1.82) is 5.26 Å². The second-order valence-corrected chi connectivity index (χ2v) is 20.4. The van der Waals surface area contributed by atoms with Gasteiger partial charge in [-0.2, -0.15) is 18.4 Å². The van der Waals surface area contributed by atoms with Crippen LogP contribution in [0.25, 0.3) is 21.6 Å². The molecular formula is C53H57F3N8O5S2. The Kier molecular flexibility index (Phi) is 16.0. The molecule has 2 atom stereocenters. The molecule has 5 aromatic rings. The number of carbonyl (C=O) groups is 4. The Morgan fingerprint density at radius 1 is 0.944 bits per heavy atom. The van der Waals surface area contributed by atoms with E-state index in [0.717, 1.165) is 62.0 Å². The number of nitrogens with zero attached hydrogens (tertiary/aromatic N) is 5. The summed E-state index contributed by atoms with van der Waals surface area (Å²) in [5, 5.41) is 18.5. The number of aryl methyl sites for hydroxylation is 1. The first kappa shape index (κ1) is 52.2. The molecule has 13 nitrogen and oxygen atoms in total. The van der Waals surface area contributed by atoms with Crippen LogP contribution >= 0.6 is 23.6 Å². The maximum atomic E-state index is 14.0. The first-order valence-electron chi connectivity index (χ1n) is 23.4. The van der Waals surface area contributed by atoms with Crippen LogP contribution in [0.15, 0.2) is 96.5 Å². The molecule has 3 heterocycles. The molecule has 0 bridgehead atoms. The monoisotopic (exact) mass is 1010 g/mol. The first-order chi connectivity index (χ1) is 33.7. The summed E-state index contributed by atoms with van der Waals surface area (Å²) in [5.74, 6) is -1.42. The number of hydrogen-bond donors (Lipinski definition) is 3. The summed E-state index contributed by atoms with van der Waals surface area (Å²) >= 11 is 7.27. The molecule has 0 radical (unpaired) electrons. The lowest BCUT2D eigenvalue weighted by Gasteiger charge is -2.35. The van der Waals surface area contributed by atoms with E-state index in [4.69, 9.17) is 17.0 Å². The SMILES string of the molecule is Cc1ncsc1-c1ccc(CNC(=O)[C@@H]2CCCN2C(=O)C(NC(=O)COCCCCNc2ccc(-c3ccc(N4C(=S)N(c5ccc(C#N)c(C(F)(F)F)c5)C(=O)C4(C)C)cc3)cc2)C(C)(C)C)cc1. The Morgan fingerprint density at radius 3 is 2.21 bits per heavy atom. The lowest BCUT2D eigenvalue weighted by Crippen LogP contribution is -2.58. The molecule has 0 saturated carbocycles. The Morgan fingerprint density at radius 2 is 1.59 bits per heavy atom. The summed E-state index contributed by atoms with van der Waals surface area (Å²) in [7, 11) is 0. The highest BCUT2D eigenvalue weighted by atomic mass is 32.1. The highest BCUT2D eigenvalue weighted by molar-refractivity contribution is 7.81. The molecule has 372 valence electrons. The Hall–Kier alpha value is -6.68. The van der Waals surface area contributed by atoms with Gasteiger partial charge in [-0.3, -0.25) is 24.1 Å². The van der Waals surface area contributed by atoms with Gasteiger partial charge >= 0.3 is 6.18 Å². The second kappa shape index (κ2) is 21.8. The molecule has 0 aliphatic carbocycles. The number of thiazole rings is 1. The third-order valence-corrected chi connectivity index (χ3v) is 14.0. The number of likely N-dealkylation sites (tertiary alicyclic amines) is 1. The summed E-state index contributed by atoms with van der Waals surface area (Å²) in [4.78, 5) is 63.8. The van der Waals surface area contributed by atoms with Crippen molar-refractivity contribution in [2.45, 2.75) is 97.6 Å². The van der Waals surface area contributed by atoms with Crippen molar-refractivity contribution in [1.82, 2.24) is 20.5 Å². The van der Waals surface area contributed by atoms with Crippen LogP contribution in [0.3, 0.4) is 0 Å². The van der Waals surface area contributed by atoms with Crippen molar-refractivity contribution in [3.05, 3.63) is 119 Å². The van der Waals surface area contributed by atoms with Gasteiger partial charge in [-0.05, 0) is 129 Å². The van der Waals surface area contributed by atoms with Crippen molar-refractivity contribution in [2.75, 3.05) is 41.4 Å². The zero-order valence-corrected chi connectivity index (χ0v) is 42.1. The standard InChI is InChI=1S/C53H57F3N8O5S2/c1-33-45(71-32-60-33)37-13-11-34(12-14-37)30-59-47(66)43-10-9-26-62(43)48(67)46(51(2,3)4)61-44(65)31-69-27-8-7-25-58-39-20-15-35(16-21-39)36-17-22-40(23-18-36)64-50(70)63(49(68)52(64,5)6)41-24-19-38(29-57)42(28-41)53(54,55)56/h11-24,28,32,43,46,58H,7-10,25-27,30-31H2,1-6H3,(H,59,66)(H,61,65)/t43-,46?/m0/s1. The van der Waals surface area contributed by atoms with E-state index >= 15 is 0 Å². The normalized spacial score (nSPS) is 16.2. The molecule has 4 aromatic carbocycles. The van der Waals surface area contributed by atoms with Crippen molar-refractivity contribution in [2.24, 2.45) is 5.41 Å². The van der Waals surface area contributed by atoms with Gasteiger partial charge in [-0.1, -0.05) is 69.3 Å². The van der Waals surface area contributed by atoms with Crippen LogP contribution < -0.4 is 25.8 Å². The lowest BCUT2D eigenvalue weighted by atomic mass is 9.85. The Balaban J connectivity index is 0.833. The zero-order valence-electron chi connectivity index (χ0n) is 40.5. The minimum Gasteiger partial charge on any atom is -0.385 e. The quantitative estimate of drug-likeness (QED) is 0.0605. The van der Waals surface area contributed by atoms with Gasteiger partial charge in [0.1, 0.15) is 24.2 Å². The number of benzene rings is 4. The van der Waals surface area contributed by atoms with Crippen LogP contribution in [0.5, 0.6) is 0 Å². The van der Waals surface area contributed by atoms with Gasteiger partial charge < -0.3 is 30.5 Å². The van der Waals surface area contributed by atoms with Gasteiger partial charge in [0.05, 0.1) is 39.0 Å². The maximum absolute atomic E-state index is 14.0. The molecule has 0 spiro atoms. The van der Waals surface area contributed by atoms with Crippen LogP contribution in [0.1, 0.15) is 82.7 Å². The van der Waals surface area contributed by atoms with Crippen LogP contribution in [0.2, 0.25) is 0 Å². The van der Waals surface area contributed by atoms with Gasteiger partial charge in [0.2, 0.25) is 17.7 Å². The summed E-state index contributed by atoms with van der Waals surface area (Å²) in [6, 6.07) is 26.4. The number of ether oxygens (including phenoxy) is 1. The van der Waals surface area contributed by atoms with E-state index in [0.29, 0.717) is 51.2 Å². The van der Waals surface area contributed by atoms with Crippen molar-refractivity contribution in [3.8, 4) is 27.6 Å². The topological polar surface area (TPSA) is 160 Å². The number of carbonyl (C=O) groups excluding carboxylic acids is 4. The molecule has 1 unspecified atom stereocenters.